The smallest absolute Gasteiger partial charge is 0.257 e. The molecule has 1 aliphatic heterocycles. The number of hydrogen-bond donors (Lipinski definition) is 2. The van der Waals surface area contributed by atoms with E-state index in [-0.39, 0.29) is 17.7 Å². The predicted molar refractivity (Wildman–Crippen MR) is 139 cm³/mol. The standard InChI is InChI=1S/C27H27N3O4S/c1-18-23(27(33)30-14-16-34-17-15-30)26(35-24(18)20-6-4-3-5-7-20)29-22(31)13-10-19-8-11-21(12-9-19)25(32)28-2/h3-13H,14-17H2,1-2H3,(H,28,32)(H,29,31)/b13-10+. The van der Waals surface area contributed by atoms with E-state index < -0.39 is 0 Å². The van der Waals surface area contributed by atoms with Crippen molar-refractivity contribution >= 4 is 40.1 Å². The molecule has 4 rings (SSSR count). The summed E-state index contributed by atoms with van der Waals surface area (Å²) in [6.07, 6.45) is 3.10. The average Bonchev–Trinajstić information content (AvgIpc) is 3.23. The molecule has 1 saturated heterocycles. The van der Waals surface area contributed by atoms with Gasteiger partial charge in [-0.25, -0.2) is 0 Å². The minimum absolute atomic E-state index is 0.103. The van der Waals surface area contributed by atoms with E-state index in [0.29, 0.717) is 42.4 Å². The lowest BCUT2D eigenvalue weighted by Gasteiger charge is -2.27. The van der Waals surface area contributed by atoms with E-state index in [9.17, 15) is 14.4 Å². The monoisotopic (exact) mass is 489 g/mol. The maximum absolute atomic E-state index is 13.4. The van der Waals surface area contributed by atoms with Crippen LogP contribution < -0.4 is 10.6 Å². The molecule has 7 nitrogen and oxygen atoms in total. The fourth-order valence-corrected chi connectivity index (χ4v) is 5.07. The molecule has 8 heteroatoms. The van der Waals surface area contributed by atoms with Gasteiger partial charge in [0, 0.05) is 36.7 Å². The van der Waals surface area contributed by atoms with E-state index in [1.807, 2.05) is 37.3 Å². The van der Waals surface area contributed by atoms with Crippen LogP contribution in [0.25, 0.3) is 16.5 Å². The largest absolute Gasteiger partial charge is 0.378 e. The Labute approximate surface area is 208 Å². The Hall–Kier alpha value is -3.75. The van der Waals surface area contributed by atoms with Gasteiger partial charge in [0.25, 0.3) is 11.8 Å². The molecule has 0 saturated carbocycles. The number of hydrogen-bond acceptors (Lipinski definition) is 5. The van der Waals surface area contributed by atoms with Gasteiger partial charge in [-0.15, -0.1) is 11.3 Å². The number of anilines is 1. The van der Waals surface area contributed by atoms with Gasteiger partial charge in [-0.2, -0.15) is 0 Å². The van der Waals surface area contributed by atoms with Gasteiger partial charge in [-0.1, -0.05) is 42.5 Å². The van der Waals surface area contributed by atoms with E-state index >= 15 is 0 Å². The predicted octanol–water partition coefficient (Wildman–Crippen LogP) is 4.21. The Morgan fingerprint density at radius 2 is 1.69 bits per heavy atom. The molecule has 35 heavy (non-hydrogen) atoms. The summed E-state index contributed by atoms with van der Waals surface area (Å²) < 4.78 is 5.39. The van der Waals surface area contributed by atoms with Crippen molar-refractivity contribution in [2.24, 2.45) is 0 Å². The molecule has 0 aliphatic carbocycles. The van der Waals surface area contributed by atoms with Crippen LogP contribution in [0, 0.1) is 6.92 Å². The summed E-state index contributed by atoms with van der Waals surface area (Å²) in [6.45, 7) is 3.97. The molecule has 0 unspecified atom stereocenters. The van der Waals surface area contributed by atoms with Crippen LogP contribution in [0.1, 0.15) is 31.8 Å². The number of thiophene rings is 1. The Bertz CT molecular complexity index is 1240. The molecule has 2 heterocycles. The molecule has 2 N–H and O–H groups in total. The minimum atomic E-state index is -0.336. The number of nitrogens with one attached hydrogen (secondary N) is 2. The molecule has 2 aromatic carbocycles. The van der Waals surface area contributed by atoms with Gasteiger partial charge in [0.2, 0.25) is 5.91 Å². The first-order chi connectivity index (χ1) is 17.0. The fraction of sp³-hybridized carbons (Fsp3) is 0.222. The quantitative estimate of drug-likeness (QED) is 0.508. The molecule has 0 bridgehead atoms. The molecule has 1 aromatic heterocycles. The third-order valence-electron chi connectivity index (χ3n) is 5.76. The molecular weight excluding hydrogens is 462 g/mol. The number of morpholine rings is 1. The SMILES string of the molecule is CNC(=O)c1ccc(/C=C/C(=O)Nc2sc(-c3ccccc3)c(C)c2C(=O)N2CCOCC2)cc1. The second-order valence-electron chi connectivity index (χ2n) is 8.05. The highest BCUT2D eigenvalue weighted by atomic mass is 32.1. The summed E-state index contributed by atoms with van der Waals surface area (Å²) in [5.41, 5.74) is 3.69. The van der Waals surface area contributed by atoms with Gasteiger partial charge in [-0.05, 0) is 41.8 Å². The number of benzene rings is 2. The van der Waals surface area contributed by atoms with Crippen LogP contribution in [0.5, 0.6) is 0 Å². The number of carbonyl (C=O) groups excluding carboxylic acids is 3. The summed E-state index contributed by atoms with van der Waals surface area (Å²) in [4.78, 5) is 40.7. The molecule has 0 spiro atoms. The van der Waals surface area contributed by atoms with Crippen LogP contribution in [-0.2, 0) is 9.53 Å². The maximum atomic E-state index is 13.4. The maximum Gasteiger partial charge on any atom is 0.257 e. The van der Waals surface area contributed by atoms with Crippen molar-refractivity contribution in [1.82, 2.24) is 10.2 Å². The fourth-order valence-electron chi connectivity index (χ4n) is 3.86. The molecule has 3 aromatic rings. The number of rotatable bonds is 6. The summed E-state index contributed by atoms with van der Waals surface area (Å²) in [5.74, 6) is -0.608. The Morgan fingerprint density at radius 1 is 1.00 bits per heavy atom. The van der Waals surface area contributed by atoms with Gasteiger partial charge >= 0.3 is 0 Å². The first-order valence-electron chi connectivity index (χ1n) is 11.3. The number of amides is 3. The third kappa shape index (κ3) is 5.67. The van der Waals surface area contributed by atoms with E-state index in [1.54, 1.807) is 42.3 Å². The first-order valence-corrected chi connectivity index (χ1v) is 12.2. The van der Waals surface area contributed by atoms with Crippen molar-refractivity contribution in [3.8, 4) is 10.4 Å². The number of ether oxygens (including phenoxy) is 1. The second-order valence-corrected chi connectivity index (χ2v) is 9.08. The molecule has 180 valence electrons. The van der Waals surface area contributed by atoms with Gasteiger partial charge in [0.05, 0.1) is 18.8 Å². The Morgan fingerprint density at radius 3 is 2.34 bits per heavy atom. The molecule has 3 amide bonds. The van der Waals surface area contributed by atoms with Crippen molar-refractivity contribution in [1.29, 1.82) is 0 Å². The third-order valence-corrected chi connectivity index (χ3v) is 7.02. The molecule has 1 aliphatic rings. The molecule has 0 atom stereocenters. The van der Waals surface area contributed by atoms with E-state index in [2.05, 4.69) is 10.6 Å². The number of nitrogens with zero attached hydrogens (tertiary/aromatic N) is 1. The van der Waals surface area contributed by atoms with Crippen LogP contribution >= 0.6 is 11.3 Å². The van der Waals surface area contributed by atoms with Crippen LogP contribution in [-0.4, -0.2) is 56.0 Å². The highest BCUT2D eigenvalue weighted by Crippen LogP contribution is 2.40. The van der Waals surface area contributed by atoms with E-state index in [4.69, 9.17) is 4.74 Å². The molecule has 1 fully saturated rings. The zero-order chi connectivity index (χ0) is 24.8. The molecular formula is C27H27N3O4S. The summed E-state index contributed by atoms with van der Waals surface area (Å²) in [5, 5.41) is 6.03. The first kappa shape index (κ1) is 24.4. The highest BCUT2D eigenvalue weighted by Gasteiger charge is 2.27. The summed E-state index contributed by atoms with van der Waals surface area (Å²) in [6, 6.07) is 16.8. The van der Waals surface area contributed by atoms with Crippen molar-refractivity contribution in [2.45, 2.75) is 6.92 Å². The van der Waals surface area contributed by atoms with Gasteiger partial charge in [0.15, 0.2) is 0 Å². The van der Waals surface area contributed by atoms with Gasteiger partial charge in [-0.3, -0.25) is 14.4 Å². The zero-order valence-electron chi connectivity index (χ0n) is 19.7. The topological polar surface area (TPSA) is 87.7 Å². The Kier molecular flexibility index (Phi) is 7.74. The van der Waals surface area contributed by atoms with Crippen molar-refractivity contribution < 1.29 is 19.1 Å². The van der Waals surface area contributed by atoms with E-state index in [1.165, 1.54) is 17.4 Å². The van der Waals surface area contributed by atoms with E-state index in [0.717, 1.165) is 21.6 Å². The zero-order valence-corrected chi connectivity index (χ0v) is 20.5. The lowest BCUT2D eigenvalue weighted by atomic mass is 10.1. The second kappa shape index (κ2) is 11.1. The van der Waals surface area contributed by atoms with Gasteiger partial charge < -0.3 is 20.3 Å². The summed E-state index contributed by atoms with van der Waals surface area (Å²) >= 11 is 1.40. The average molecular weight is 490 g/mol. The molecule has 0 radical (unpaired) electrons. The normalized spacial score (nSPS) is 13.6. The van der Waals surface area contributed by atoms with Gasteiger partial charge in [0.1, 0.15) is 5.00 Å². The van der Waals surface area contributed by atoms with Crippen LogP contribution in [0.4, 0.5) is 5.00 Å². The minimum Gasteiger partial charge on any atom is -0.378 e. The summed E-state index contributed by atoms with van der Waals surface area (Å²) in [7, 11) is 1.58. The van der Waals surface area contributed by atoms with Crippen molar-refractivity contribution in [3.05, 3.63) is 82.9 Å². The highest BCUT2D eigenvalue weighted by molar-refractivity contribution is 7.20. The Balaban J connectivity index is 1.59. The van der Waals surface area contributed by atoms with Crippen LogP contribution in [0.15, 0.2) is 60.7 Å². The van der Waals surface area contributed by atoms with Crippen LogP contribution in [0.3, 0.4) is 0 Å². The van der Waals surface area contributed by atoms with Crippen molar-refractivity contribution in [3.63, 3.8) is 0 Å². The number of carbonyl (C=O) groups is 3. The lowest BCUT2D eigenvalue weighted by molar-refractivity contribution is -0.111. The lowest BCUT2D eigenvalue weighted by Crippen LogP contribution is -2.41. The van der Waals surface area contributed by atoms with Crippen molar-refractivity contribution in [2.75, 3.05) is 38.7 Å². The van der Waals surface area contributed by atoms with Crippen LogP contribution in [0.2, 0.25) is 0 Å².